The van der Waals surface area contributed by atoms with E-state index in [1.807, 2.05) is 30.8 Å². The molecule has 2 atom stereocenters. The van der Waals surface area contributed by atoms with Gasteiger partial charge in [0.2, 0.25) is 0 Å². The van der Waals surface area contributed by atoms with E-state index in [2.05, 4.69) is 32.8 Å². The fourth-order valence-corrected chi connectivity index (χ4v) is 5.54. The average molecular weight is 519 g/mol. The van der Waals surface area contributed by atoms with Crippen molar-refractivity contribution < 1.29 is 14.7 Å². The molecule has 2 aliphatic heterocycles. The van der Waals surface area contributed by atoms with Crippen molar-refractivity contribution in [1.82, 2.24) is 25.0 Å². The second-order valence-corrected chi connectivity index (χ2v) is 10.9. The summed E-state index contributed by atoms with van der Waals surface area (Å²) in [5.74, 6) is 0.242. The number of rotatable bonds is 10. The Kier molecular flexibility index (Phi) is 7.93. The Hall–Kier alpha value is -3.46. The maximum Gasteiger partial charge on any atom is 0.326 e. The quantitative estimate of drug-likeness (QED) is 0.373. The van der Waals surface area contributed by atoms with Gasteiger partial charge in [-0.15, -0.1) is 0 Å². The van der Waals surface area contributed by atoms with E-state index in [1.54, 1.807) is 12.1 Å². The summed E-state index contributed by atoms with van der Waals surface area (Å²) >= 11 is 0. The Bertz CT molecular complexity index is 1300. The fraction of sp³-hybridized carbons (Fsp3) is 0.517. The molecule has 0 bridgehead atoms. The van der Waals surface area contributed by atoms with Crippen molar-refractivity contribution in [3.8, 4) is 0 Å². The molecule has 4 heterocycles. The number of fused-ring (bicyclic) bond motifs is 2. The number of hydrogen-bond donors (Lipinski definition) is 3. The van der Waals surface area contributed by atoms with Gasteiger partial charge in [-0.3, -0.25) is 9.48 Å². The van der Waals surface area contributed by atoms with Crippen LogP contribution < -0.4 is 10.6 Å². The number of pyridine rings is 1. The third-order valence-corrected chi connectivity index (χ3v) is 7.81. The smallest absolute Gasteiger partial charge is 0.326 e. The van der Waals surface area contributed by atoms with Gasteiger partial charge < -0.3 is 20.6 Å². The Morgan fingerprint density at radius 1 is 1.24 bits per heavy atom. The molecule has 3 aromatic rings. The van der Waals surface area contributed by atoms with E-state index in [0.717, 1.165) is 67.7 Å². The molecule has 1 amide bonds. The van der Waals surface area contributed by atoms with Gasteiger partial charge in [-0.1, -0.05) is 12.1 Å². The highest BCUT2D eigenvalue weighted by Gasteiger charge is 2.27. The number of nitrogens with one attached hydrogen (secondary N) is 2. The second kappa shape index (κ2) is 11.5. The number of carboxylic acid groups (broad SMARTS) is 1. The summed E-state index contributed by atoms with van der Waals surface area (Å²) in [5, 5.41) is 21.2. The minimum Gasteiger partial charge on any atom is -0.480 e. The number of hydrogen-bond acceptors (Lipinski definition) is 6. The van der Waals surface area contributed by atoms with Crippen LogP contribution in [0.15, 0.2) is 36.5 Å². The first-order chi connectivity index (χ1) is 18.4. The average Bonchev–Trinajstić information content (AvgIpc) is 3.56. The van der Waals surface area contributed by atoms with Gasteiger partial charge in [0.1, 0.15) is 11.9 Å². The summed E-state index contributed by atoms with van der Waals surface area (Å²) in [6.07, 6.45) is 7.63. The van der Waals surface area contributed by atoms with Gasteiger partial charge >= 0.3 is 5.97 Å². The Labute approximate surface area is 223 Å². The predicted octanol–water partition coefficient (Wildman–Crippen LogP) is 3.90. The standard InChI is InChI=1S/C29H38N6O3/c1-19(2)35-18-24-23(6-3-7-25(24)33-35)28(36)32-26(29(37)38)13-16-34-15-12-20(17-34)8-10-22-11-9-21-5-4-14-30-27(21)31-22/h3,6-7,9,11,18-20,26H,4-5,8,10,12-17H2,1-2H3,(H,30,31)(H,32,36)(H,37,38)/t20-,26+/m1/s1. The molecule has 0 unspecified atom stereocenters. The van der Waals surface area contributed by atoms with Gasteiger partial charge in [-0.05, 0) is 88.6 Å². The van der Waals surface area contributed by atoms with E-state index in [1.165, 1.54) is 12.0 Å². The summed E-state index contributed by atoms with van der Waals surface area (Å²) in [7, 11) is 0. The molecule has 3 N–H and O–H groups in total. The van der Waals surface area contributed by atoms with Gasteiger partial charge in [0, 0.05) is 43.0 Å². The number of aliphatic carboxylic acids is 1. The molecular formula is C29H38N6O3. The van der Waals surface area contributed by atoms with Crippen molar-refractivity contribution >= 4 is 28.6 Å². The normalized spacial score (nSPS) is 18.3. The molecule has 0 aliphatic carbocycles. The SMILES string of the molecule is CC(C)n1cc2c(C(=O)N[C@@H](CCN3CC[C@@H](CCc4ccc5c(n4)NCCC5)C3)C(=O)O)cccc2n1. The van der Waals surface area contributed by atoms with Gasteiger partial charge in [0.15, 0.2) is 0 Å². The zero-order valence-electron chi connectivity index (χ0n) is 22.3. The number of carbonyl (C=O) groups is 2. The van der Waals surface area contributed by atoms with Crippen LogP contribution in [-0.2, 0) is 17.6 Å². The van der Waals surface area contributed by atoms with Crippen LogP contribution >= 0.6 is 0 Å². The molecule has 5 rings (SSSR count). The van der Waals surface area contributed by atoms with E-state index in [4.69, 9.17) is 4.98 Å². The van der Waals surface area contributed by atoms with Gasteiger partial charge in [0.05, 0.1) is 11.1 Å². The Balaban J connectivity index is 1.12. The lowest BCUT2D eigenvalue weighted by Gasteiger charge is -2.20. The molecule has 9 heteroatoms. The lowest BCUT2D eigenvalue weighted by Crippen LogP contribution is -2.43. The number of carbonyl (C=O) groups excluding carboxylic acids is 1. The van der Waals surface area contributed by atoms with Crippen LogP contribution in [-0.4, -0.2) is 68.9 Å². The number of benzene rings is 1. The van der Waals surface area contributed by atoms with Crippen LogP contribution in [0.5, 0.6) is 0 Å². The number of aryl methyl sites for hydroxylation is 2. The van der Waals surface area contributed by atoms with Gasteiger partial charge in [-0.2, -0.15) is 5.10 Å². The van der Waals surface area contributed by atoms with Crippen molar-refractivity contribution in [2.24, 2.45) is 5.92 Å². The van der Waals surface area contributed by atoms with Crippen LogP contribution in [0.25, 0.3) is 10.9 Å². The summed E-state index contributed by atoms with van der Waals surface area (Å²) in [5.41, 5.74) is 3.63. The molecule has 1 fully saturated rings. The van der Waals surface area contributed by atoms with Crippen LogP contribution in [0.2, 0.25) is 0 Å². The topological polar surface area (TPSA) is 112 Å². The first-order valence-electron chi connectivity index (χ1n) is 13.8. The summed E-state index contributed by atoms with van der Waals surface area (Å²) in [6, 6.07) is 8.97. The monoisotopic (exact) mass is 518 g/mol. The first-order valence-corrected chi connectivity index (χ1v) is 13.8. The maximum absolute atomic E-state index is 13.1. The number of carboxylic acids is 1. The molecule has 2 aromatic heterocycles. The molecule has 2 aliphatic rings. The highest BCUT2D eigenvalue weighted by Crippen LogP contribution is 2.25. The summed E-state index contributed by atoms with van der Waals surface area (Å²) in [4.78, 5) is 32.2. The summed E-state index contributed by atoms with van der Waals surface area (Å²) < 4.78 is 1.82. The predicted molar refractivity (Wildman–Crippen MR) is 148 cm³/mol. The second-order valence-electron chi connectivity index (χ2n) is 10.9. The zero-order valence-corrected chi connectivity index (χ0v) is 22.3. The van der Waals surface area contributed by atoms with Crippen molar-refractivity contribution in [2.75, 3.05) is 31.5 Å². The van der Waals surface area contributed by atoms with Gasteiger partial charge in [-0.25, -0.2) is 9.78 Å². The fourth-order valence-electron chi connectivity index (χ4n) is 5.54. The molecule has 0 radical (unpaired) electrons. The lowest BCUT2D eigenvalue weighted by atomic mass is 10.00. The van der Waals surface area contributed by atoms with E-state index >= 15 is 0 Å². The van der Waals surface area contributed by atoms with Crippen molar-refractivity contribution in [1.29, 1.82) is 0 Å². The lowest BCUT2D eigenvalue weighted by molar-refractivity contribution is -0.139. The zero-order chi connectivity index (χ0) is 26.6. The highest BCUT2D eigenvalue weighted by atomic mass is 16.4. The molecule has 1 saturated heterocycles. The van der Waals surface area contributed by atoms with Crippen LogP contribution in [0.4, 0.5) is 5.82 Å². The Morgan fingerprint density at radius 3 is 2.92 bits per heavy atom. The highest BCUT2D eigenvalue weighted by molar-refractivity contribution is 6.07. The molecule has 0 saturated carbocycles. The van der Waals surface area contributed by atoms with Crippen LogP contribution in [0.1, 0.15) is 67.2 Å². The third-order valence-electron chi connectivity index (χ3n) is 7.81. The van der Waals surface area contributed by atoms with Crippen molar-refractivity contribution in [2.45, 2.75) is 64.5 Å². The van der Waals surface area contributed by atoms with E-state index in [0.29, 0.717) is 24.4 Å². The molecule has 202 valence electrons. The third kappa shape index (κ3) is 5.99. The summed E-state index contributed by atoms with van der Waals surface area (Å²) in [6.45, 7) is 7.60. The van der Waals surface area contributed by atoms with E-state index in [9.17, 15) is 14.7 Å². The first kappa shape index (κ1) is 26.2. The number of amides is 1. The van der Waals surface area contributed by atoms with E-state index in [-0.39, 0.29) is 11.9 Å². The van der Waals surface area contributed by atoms with Crippen LogP contribution in [0, 0.1) is 5.92 Å². The Morgan fingerprint density at radius 2 is 2.11 bits per heavy atom. The largest absolute Gasteiger partial charge is 0.480 e. The maximum atomic E-state index is 13.1. The number of nitrogens with zero attached hydrogens (tertiary/aromatic N) is 4. The molecule has 9 nitrogen and oxygen atoms in total. The molecule has 1 aromatic carbocycles. The molecular weight excluding hydrogens is 480 g/mol. The van der Waals surface area contributed by atoms with Gasteiger partial charge in [0.25, 0.3) is 5.91 Å². The minimum atomic E-state index is -1.01. The number of likely N-dealkylation sites (tertiary alicyclic amines) is 1. The molecule has 0 spiro atoms. The van der Waals surface area contributed by atoms with Crippen LogP contribution in [0.3, 0.4) is 0 Å². The van der Waals surface area contributed by atoms with Crippen molar-refractivity contribution in [3.05, 3.63) is 53.3 Å². The number of anilines is 1. The minimum absolute atomic E-state index is 0.167. The van der Waals surface area contributed by atoms with E-state index < -0.39 is 12.0 Å². The van der Waals surface area contributed by atoms with Crippen molar-refractivity contribution in [3.63, 3.8) is 0 Å². The number of aromatic nitrogens is 3. The molecule has 38 heavy (non-hydrogen) atoms.